The van der Waals surface area contributed by atoms with Gasteiger partial charge in [0.2, 0.25) is 0 Å². The number of aliphatic hydroxyl groups is 1. The van der Waals surface area contributed by atoms with Crippen LogP contribution < -0.4 is 4.90 Å². The van der Waals surface area contributed by atoms with Crippen LogP contribution in [-0.2, 0) is 9.59 Å². The number of aliphatic hydroxyl groups excluding tert-OH is 1. The normalized spacial score (nSPS) is 17.7. The molecule has 1 saturated heterocycles. The van der Waals surface area contributed by atoms with E-state index in [0.717, 1.165) is 4.90 Å². The van der Waals surface area contributed by atoms with E-state index in [0.29, 0.717) is 16.3 Å². The van der Waals surface area contributed by atoms with Gasteiger partial charge in [-0.05, 0) is 30.3 Å². The SMILES string of the molecule is O=C1C(=O)N(c2ccc(Cl)cc2)[C@H](c2ccccc2[N+](=O)[O-])C1=C(O)c1ccccc1. The first kappa shape index (κ1) is 20.3. The van der Waals surface area contributed by atoms with Gasteiger partial charge in [0.1, 0.15) is 11.8 Å². The summed E-state index contributed by atoms with van der Waals surface area (Å²) in [5.41, 5.74) is 0.258. The third kappa shape index (κ3) is 3.55. The Labute approximate surface area is 182 Å². The van der Waals surface area contributed by atoms with Crippen LogP contribution in [0.5, 0.6) is 0 Å². The van der Waals surface area contributed by atoms with Crippen molar-refractivity contribution < 1.29 is 19.6 Å². The molecule has 3 aromatic rings. The third-order valence-electron chi connectivity index (χ3n) is 5.02. The fourth-order valence-corrected chi connectivity index (χ4v) is 3.76. The van der Waals surface area contributed by atoms with E-state index >= 15 is 0 Å². The number of ketones is 1. The highest BCUT2D eigenvalue weighted by atomic mass is 35.5. The molecule has 1 N–H and O–H groups in total. The van der Waals surface area contributed by atoms with E-state index in [2.05, 4.69) is 0 Å². The quantitative estimate of drug-likeness (QED) is 0.207. The second-order valence-electron chi connectivity index (χ2n) is 6.83. The summed E-state index contributed by atoms with van der Waals surface area (Å²) in [4.78, 5) is 38.3. The molecule has 0 aromatic heterocycles. The number of benzene rings is 3. The fraction of sp³-hybridized carbons (Fsp3) is 0.0435. The predicted octanol–water partition coefficient (Wildman–Crippen LogP) is 4.87. The number of Topliss-reactive ketones (excluding diaryl/α,β-unsaturated/α-hetero) is 1. The largest absolute Gasteiger partial charge is 0.507 e. The maximum atomic E-state index is 13.0. The molecule has 0 saturated carbocycles. The smallest absolute Gasteiger partial charge is 0.300 e. The van der Waals surface area contributed by atoms with Gasteiger partial charge in [-0.3, -0.25) is 24.6 Å². The summed E-state index contributed by atoms with van der Waals surface area (Å²) >= 11 is 5.95. The number of anilines is 1. The van der Waals surface area contributed by atoms with E-state index in [1.165, 1.54) is 30.3 Å². The molecule has 1 heterocycles. The highest BCUT2D eigenvalue weighted by Crippen LogP contribution is 2.44. The van der Waals surface area contributed by atoms with Gasteiger partial charge in [0.15, 0.2) is 0 Å². The predicted molar refractivity (Wildman–Crippen MR) is 116 cm³/mol. The molecule has 8 heteroatoms. The summed E-state index contributed by atoms with van der Waals surface area (Å²) < 4.78 is 0. The average molecular weight is 435 g/mol. The first-order valence-corrected chi connectivity index (χ1v) is 9.63. The fourth-order valence-electron chi connectivity index (χ4n) is 3.63. The molecular weight excluding hydrogens is 420 g/mol. The van der Waals surface area contributed by atoms with Crippen molar-refractivity contribution in [1.82, 2.24) is 0 Å². The molecule has 0 unspecified atom stereocenters. The summed E-state index contributed by atoms with van der Waals surface area (Å²) in [6.45, 7) is 0. The number of carbonyl (C=O) groups excluding carboxylic acids is 2. The Morgan fingerprint density at radius 1 is 0.935 bits per heavy atom. The molecule has 3 aromatic carbocycles. The van der Waals surface area contributed by atoms with Gasteiger partial charge in [0.05, 0.1) is 16.1 Å². The van der Waals surface area contributed by atoms with Crippen LogP contribution in [0.25, 0.3) is 5.76 Å². The molecule has 0 bridgehead atoms. The van der Waals surface area contributed by atoms with Crippen molar-refractivity contribution in [1.29, 1.82) is 0 Å². The first-order chi connectivity index (χ1) is 14.9. The Balaban J connectivity index is 2.01. The second-order valence-corrected chi connectivity index (χ2v) is 7.26. The van der Waals surface area contributed by atoms with Crippen molar-refractivity contribution in [3.05, 3.63) is 111 Å². The van der Waals surface area contributed by atoms with Crippen LogP contribution in [0.15, 0.2) is 84.4 Å². The Bertz CT molecular complexity index is 1220. The molecule has 1 fully saturated rings. The first-order valence-electron chi connectivity index (χ1n) is 9.25. The Kier molecular flexibility index (Phi) is 5.27. The van der Waals surface area contributed by atoms with Crippen molar-refractivity contribution in [3.63, 3.8) is 0 Å². The molecule has 1 amide bonds. The minimum atomic E-state index is -1.19. The second kappa shape index (κ2) is 8.04. The molecule has 4 rings (SSSR count). The molecule has 1 atom stereocenters. The van der Waals surface area contributed by atoms with Crippen LogP contribution in [0, 0.1) is 10.1 Å². The minimum Gasteiger partial charge on any atom is -0.507 e. The lowest BCUT2D eigenvalue weighted by Crippen LogP contribution is -2.29. The van der Waals surface area contributed by atoms with Gasteiger partial charge >= 0.3 is 0 Å². The number of amides is 1. The number of hydrogen-bond acceptors (Lipinski definition) is 5. The summed E-state index contributed by atoms with van der Waals surface area (Å²) in [7, 11) is 0. The Hall–Kier alpha value is -3.97. The zero-order valence-electron chi connectivity index (χ0n) is 15.9. The zero-order chi connectivity index (χ0) is 22.1. The maximum Gasteiger partial charge on any atom is 0.300 e. The number of nitro groups is 1. The molecule has 1 aliphatic heterocycles. The van der Waals surface area contributed by atoms with Gasteiger partial charge in [0.25, 0.3) is 17.4 Å². The maximum absolute atomic E-state index is 13.0. The lowest BCUT2D eigenvalue weighted by atomic mass is 9.94. The summed E-state index contributed by atoms with van der Waals surface area (Å²) in [6, 6.07) is 19.1. The third-order valence-corrected chi connectivity index (χ3v) is 5.28. The molecule has 0 radical (unpaired) electrons. The van der Waals surface area contributed by atoms with E-state index in [9.17, 15) is 24.8 Å². The topological polar surface area (TPSA) is 101 Å². The number of hydrogen-bond donors (Lipinski definition) is 1. The van der Waals surface area contributed by atoms with E-state index in [4.69, 9.17) is 11.6 Å². The highest BCUT2D eigenvalue weighted by molar-refractivity contribution is 6.51. The van der Waals surface area contributed by atoms with Gasteiger partial charge in [-0.2, -0.15) is 0 Å². The van der Waals surface area contributed by atoms with Crippen LogP contribution >= 0.6 is 11.6 Å². The van der Waals surface area contributed by atoms with E-state index in [1.54, 1.807) is 48.5 Å². The van der Waals surface area contributed by atoms with Gasteiger partial charge in [-0.15, -0.1) is 0 Å². The molecule has 7 nitrogen and oxygen atoms in total. The highest BCUT2D eigenvalue weighted by Gasteiger charge is 2.48. The summed E-state index contributed by atoms with van der Waals surface area (Å²) in [6.07, 6.45) is 0. The summed E-state index contributed by atoms with van der Waals surface area (Å²) in [5, 5.41) is 23.1. The number of nitro benzene ring substituents is 1. The van der Waals surface area contributed by atoms with Gasteiger partial charge in [0, 0.05) is 22.3 Å². The number of rotatable bonds is 4. The van der Waals surface area contributed by atoms with Crippen molar-refractivity contribution in [2.24, 2.45) is 0 Å². The van der Waals surface area contributed by atoms with Crippen LogP contribution in [0.3, 0.4) is 0 Å². The molecule has 154 valence electrons. The molecular formula is C23H15ClN2O5. The Morgan fingerprint density at radius 3 is 2.19 bits per heavy atom. The van der Waals surface area contributed by atoms with Crippen LogP contribution in [-0.4, -0.2) is 21.7 Å². The van der Waals surface area contributed by atoms with Crippen LogP contribution in [0.4, 0.5) is 11.4 Å². The van der Waals surface area contributed by atoms with E-state index in [-0.39, 0.29) is 16.8 Å². The molecule has 0 aliphatic carbocycles. The molecule has 0 spiro atoms. The minimum absolute atomic E-state index is 0.110. The van der Waals surface area contributed by atoms with Crippen molar-refractivity contribution in [2.45, 2.75) is 6.04 Å². The standard InChI is InChI=1S/C23H15ClN2O5/c24-15-10-12-16(13-11-15)25-20(17-8-4-5-9-18(17)26(30)31)19(22(28)23(25)29)21(27)14-6-2-1-3-7-14/h1-13,20,27H/t20-/m1/s1. The zero-order valence-corrected chi connectivity index (χ0v) is 16.7. The lowest BCUT2D eigenvalue weighted by Gasteiger charge is -2.25. The van der Waals surface area contributed by atoms with Gasteiger partial charge in [-0.1, -0.05) is 54.1 Å². The van der Waals surface area contributed by atoms with Crippen LogP contribution in [0.1, 0.15) is 17.2 Å². The number of halogens is 1. The van der Waals surface area contributed by atoms with Crippen molar-refractivity contribution in [3.8, 4) is 0 Å². The number of carbonyl (C=O) groups is 2. The summed E-state index contributed by atoms with van der Waals surface area (Å²) in [5.74, 6) is -2.24. The number of para-hydroxylation sites is 1. The van der Waals surface area contributed by atoms with E-state index < -0.39 is 28.4 Å². The average Bonchev–Trinajstić information content (AvgIpc) is 3.05. The van der Waals surface area contributed by atoms with Gasteiger partial charge in [-0.25, -0.2) is 0 Å². The van der Waals surface area contributed by atoms with E-state index in [1.807, 2.05) is 0 Å². The van der Waals surface area contributed by atoms with Crippen LogP contribution in [0.2, 0.25) is 5.02 Å². The van der Waals surface area contributed by atoms with Gasteiger partial charge < -0.3 is 5.11 Å². The Morgan fingerprint density at radius 2 is 1.55 bits per heavy atom. The monoisotopic (exact) mass is 434 g/mol. The lowest BCUT2D eigenvalue weighted by molar-refractivity contribution is -0.385. The number of nitrogens with zero attached hydrogens (tertiary/aromatic N) is 2. The molecule has 1 aliphatic rings. The van der Waals surface area contributed by atoms with Crippen molar-refractivity contribution in [2.75, 3.05) is 4.90 Å². The van der Waals surface area contributed by atoms with Crippen molar-refractivity contribution >= 4 is 40.4 Å². The molecule has 31 heavy (non-hydrogen) atoms.